The van der Waals surface area contributed by atoms with E-state index in [4.69, 9.17) is 9.47 Å². The van der Waals surface area contributed by atoms with E-state index < -0.39 is 5.69 Å². The van der Waals surface area contributed by atoms with E-state index >= 15 is 0 Å². The van der Waals surface area contributed by atoms with Gasteiger partial charge in [0.15, 0.2) is 11.5 Å². The highest BCUT2D eigenvalue weighted by atomic mass is 16.7. The molecule has 1 saturated heterocycles. The molecule has 5 rings (SSSR count). The molecule has 3 heterocycles. The van der Waals surface area contributed by atoms with Gasteiger partial charge in [0.2, 0.25) is 12.7 Å². The van der Waals surface area contributed by atoms with Gasteiger partial charge in [0, 0.05) is 30.2 Å². The highest BCUT2D eigenvalue weighted by Crippen LogP contribution is 2.34. The topological polar surface area (TPSA) is 85.7 Å². The highest BCUT2D eigenvalue weighted by molar-refractivity contribution is 5.94. The molecule has 1 aromatic heterocycles. The fourth-order valence-electron chi connectivity index (χ4n) is 4.31. The summed E-state index contributed by atoms with van der Waals surface area (Å²) in [5, 5.41) is 3.70. The summed E-state index contributed by atoms with van der Waals surface area (Å²) in [6.45, 7) is 4.02. The monoisotopic (exact) mass is 420 g/mol. The maximum absolute atomic E-state index is 12.9. The summed E-state index contributed by atoms with van der Waals surface area (Å²) in [7, 11) is 0. The fourth-order valence-corrected chi connectivity index (χ4v) is 4.31. The van der Waals surface area contributed by atoms with E-state index in [9.17, 15) is 9.59 Å². The number of amides is 1. The van der Waals surface area contributed by atoms with Gasteiger partial charge in [0.1, 0.15) is 12.4 Å². The summed E-state index contributed by atoms with van der Waals surface area (Å²) in [5.41, 5.74) is 0.864. The van der Waals surface area contributed by atoms with Crippen molar-refractivity contribution in [3.63, 3.8) is 0 Å². The summed E-state index contributed by atoms with van der Waals surface area (Å²) < 4.78 is 12.1. The van der Waals surface area contributed by atoms with Crippen LogP contribution < -0.4 is 25.4 Å². The van der Waals surface area contributed by atoms with Crippen molar-refractivity contribution in [2.75, 3.05) is 30.1 Å². The van der Waals surface area contributed by atoms with Crippen LogP contribution in [-0.2, 0) is 11.3 Å². The molecule has 1 fully saturated rings. The first-order chi connectivity index (χ1) is 15.1. The minimum absolute atomic E-state index is 0.128. The number of para-hydroxylation sites is 1. The zero-order valence-electron chi connectivity index (χ0n) is 17.3. The van der Waals surface area contributed by atoms with Gasteiger partial charge in [-0.25, -0.2) is 4.79 Å². The molecule has 31 heavy (non-hydrogen) atoms. The van der Waals surface area contributed by atoms with E-state index in [1.807, 2.05) is 24.3 Å². The lowest BCUT2D eigenvalue weighted by molar-refractivity contribution is -0.116. The molecule has 2 aromatic carbocycles. The normalized spacial score (nSPS) is 17.7. The van der Waals surface area contributed by atoms with Crippen LogP contribution in [0.25, 0.3) is 10.9 Å². The Morgan fingerprint density at radius 2 is 2.03 bits per heavy atom. The molecule has 2 aliphatic rings. The molecular formula is C23H24N4O4. The van der Waals surface area contributed by atoms with Crippen molar-refractivity contribution in [1.82, 2.24) is 9.55 Å². The maximum atomic E-state index is 12.9. The minimum atomic E-state index is -0.423. The van der Waals surface area contributed by atoms with Crippen molar-refractivity contribution in [2.45, 2.75) is 26.3 Å². The molecule has 0 bridgehead atoms. The lowest BCUT2D eigenvalue weighted by atomic mass is 10.00. The van der Waals surface area contributed by atoms with Gasteiger partial charge in [-0.1, -0.05) is 19.1 Å². The Kier molecular flexibility index (Phi) is 4.97. The Hall–Kier alpha value is -3.55. The molecule has 3 aromatic rings. The number of hydrogen-bond donors (Lipinski definition) is 1. The number of carbonyl (C=O) groups is 1. The highest BCUT2D eigenvalue weighted by Gasteiger charge is 2.22. The number of fused-ring (bicyclic) bond motifs is 2. The molecule has 8 heteroatoms. The predicted octanol–water partition coefficient (Wildman–Crippen LogP) is 3.00. The first-order valence-electron chi connectivity index (χ1n) is 10.5. The van der Waals surface area contributed by atoms with Gasteiger partial charge in [0.05, 0.1) is 5.52 Å². The number of ether oxygens (including phenoxy) is 2. The molecule has 1 amide bonds. The van der Waals surface area contributed by atoms with E-state index in [2.05, 4.69) is 22.1 Å². The summed E-state index contributed by atoms with van der Waals surface area (Å²) in [4.78, 5) is 32.2. The van der Waals surface area contributed by atoms with E-state index in [-0.39, 0.29) is 19.2 Å². The van der Waals surface area contributed by atoms with Crippen LogP contribution in [0.4, 0.5) is 11.5 Å². The van der Waals surface area contributed by atoms with Crippen LogP contribution in [0.5, 0.6) is 11.5 Å². The van der Waals surface area contributed by atoms with E-state index in [0.29, 0.717) is 34.4 Å². The Morgan fingerprint density at radius 1 is 1.19 bits per heavy atom. The third-order valence-electron chi connectivity index (χ3n) is 5.78. The van der Waals surface area contributed by atoms with Gasteiger partial charge in [0.25, 0.3) is 0 Å². The largest absolute Gasteiger partial charge is 0.454 e. The molecule has 0 saturated carbocycles. The lowest BCUT2D eigenvalue weighted by Gasteiger charge is -2.32. The molecule has 0 spiro atoms. The van der Waals surface area contributed by atoms with Gasteiger partial charge in [-0.3, -0.25) is 9.36 Å². The first kappa shape index (κ1) is 19.4. The van der Waals surface area contributed by atoms with Crippen LogP contribution in [0.3, 0.4) is 0 Å². The molecule has 0 aliphatic carbocycles. The quantitative estimate of drug-likeness (QED) is 0.698. The first-order valence-corrected chi connectivity index (χ1v) is 10.5. The van der Waals surface area contributed by atoms with E-state index in [1.54, 1.807) is 18.2 Å². The number of nitrogens with zero attached hydrogens (tertiary/aromatic N) is 3. The van der Waals surface area contributed by atoms with Crippen LogP contribution in [0.1, 0.15) is 19.8 Å². The minimum Gasteiger partial charge on any atom is -0.454 e. The lowest BCUT2D eigenvalue weighted by Crippen LogP contribution is -2.38. The Balaban J connectivity index is 1.43. The molecule has 0 radical (unpaired) electrons. The van der Waals surface area contributed by atoms with Crippen LogP contribution in [0, 0.1) is 5.92 Å². The predicted molar refractivity (Wildman–Crippen MR) is 118 cm³/mol. The Morgan fingerprint density at radius 3 is 2.90 bits per heavy atom. The number of hydrogen-bond acceptors (Lipinski definition) is 6. The van der Waals surface area contributed by atoms with Gasteiger partial charge in [-0.15, -0.1) is 0 Å². The van der Waals surface area contributed by atoms with Gasteiger partial charge < -0.3 is 19.7 Å². The van der Waals surface area contributed by atoms with Gasteiger partial charge in [-0.05, 0) is 43.0 Å². The fraction of sp³-hybridized carbons (Fsp3) is 0.348. The molecule has 8 nitrogen and oxygen atoms in total. The molecule has 160 valence electrons. The number of piperidine rings is 1. The van der Waals surface area contributed by atoms with Crippen LogP contribution >= 0.6 is 0 Å². The van der Waals surface area contributed by atoms with Crippen LogP contribution in [0.2, 0.25) is 0 Å². The Labute approximate surface area is 179 Å². The van der Waals surface area contributed by atoms with Crippen molar-refractivity contribution in [1.29, 1.82) is 0 Å². The van der Waals surface area contributed by atoms with Crippen molar-refractivity contribution in [3.05, 3.63) is 52.9 Å². The third kappa shape index (κ3) is 3.81. The molecule has 1 atom stereocenters. The number of aromatic nitrogens is 2. The van der Waals surface area contributed by atoms with Crippen molar-refractivity contribution >= 4 is 28.3 Å². The molecule has 1 N–H and O–H groups in total. The molecular weight excluding hydrogens is 396 g/mol. The zero-order valence-corrected chi connectivity index (χ0v) is 17.3. The van der Waals surface area contributed by atoms with Crippen molar-refractivity contribution < 1.29 is 14.3 Å². The summed E-state index contributed by atoms with van der Waals surface area (Å²) in [6.07, 6.45) is 2.27. The number of carbonyl (C=O) groups excluding carboxylic acids is 1. The zero-order chi connectivity index (χ0) is 21.4. The summed E-state index contributed by atoms with van der Waals surface area (Å²) >= 11 is 0. The van der Waals surface area contributed by atoms with Crippen molar-refractivity contribution in [2.24, 2.45) is 5.92 Å². The SMILES string of the molecule is CC1CCCN(c2nc(=O)n(CC(=O)Nc3ccc4c(c3)OCO4)c3ccccc23)C1. The maximum Gasteiger partial charge on any atom is 0.350 e. The second-order valence-electron chi connectivity index (χ2n) is 8.13. The Bertz CT molecular complexity index is 1210. The van der Waals surface area contributed by atoms with Crippen molar-refractivity contribution in [3.8, 4) is 11.5 Å². The van der Waals surface area contributed by atoms with Gasteiger partial charge in [-0.2, -0.15) is 4.98 Å². The average molecular weight is 420 g/mol. The van der Waals surface area contributed by atoms with E-state index in [1.165, 1.54) is 11.0 Å². The number of benzene rings is 2. The number of nitrogens with one attached hydrogen (secondary N) is 1. The van der Waals surface area contributed by atoms with Gasteiger partial charge >= 0.3 is 5.69 Å². The summed E-state index contributed by atoms with van der Waals surface area (Å²) in [5.74, 6) is 2.19. The number of rotatable bonds is 4. The molecule has 1 unspecified atom stereocenters. The summed E-state index contributed by atoms with van der Waals surface area (Å²) in [6, 6.07) is 12.8. The second kappa shape index (κ2) is 7.94. The van der Waals surface area contributed by atoms with Crippen LogP contribution in [-0.4, -0.2) is 35.3 Å². The average Bonchev–Trinajstić information content (AvgIpc) is 3.23. The number of anilines is 2. The molecule has 2 aliphatic heterocycles. The van der Waals surface area contributed by atoms with Crippen LogP contribution in [0.15, 0.2) is 47.3 Å². The smallest absolute Gasteiger partial charge is 0.350 e. The van der Waals surface area contributed by atoms with E-state index in [0.717, 1.165) is 24.9 Å². The second-order valence-corrected chi connectivity index (χ2v) is 8.13. The third-order valence-corrected chi connectivity index (χ3v) is 5.78. The standard InChI is InChI=1S/C23H24N4O4/c1-15-5-4-10-26(12-15)22-17-6-2-3-7-18(17)27(23(29)25-22)13-21(28)24-16-8-9-19-20(11-16)31-14-30-19/h2-3,6-9,11,15H,4-5,10,12-14H2,1H3,(H,24,28).